The highest BCUT2D eigenvalue weighted by atomic mass is 19.4. The second kappa shape index (κ2) is 4.76. The van der Waals surface area contributed by atoms with Gasteiger partial charge >= 0.3 is 6.18 Å². The number of aryl methyl sites for hydroxylation is 2. The van der Waals surface area contributed by atoms with Crippen molar-refractivity contribution in [2.45, 2.75) is 50.9 Å². The van der Waals surface area contributed by atoms with E-state index in [0.29, 0.717) is 5.69 Å². The molecule has 1 heterocycles. The highest BCUT2D eigenvalue weighted by molar-refractivity contribution is 5.79. The molecule has 1 saturated carbocycles. The molecule has 20 heavy (non-hydrogen) atoms. The number of amides is 1. The monoisotopic (exact) mass is 291 g/mol. The molecule has 2 rings (SSSR count). The third-order valence-electron chi connectivity index (χ3n) is 3.68. The Morgan fingerprint density at radius 1 is 1.50 bits per heavy atom. The van der Waals surface area contributed by atoms with Crippen LogP contribution in [0.15, 0.2) is 0 Å². The van der Waals surface area contributed by atoms with E-state index in [1.807, 2.05) is 0 Å². The number of H-pyrrole nitrogens is 1. The fourth-order valence-corrected chi connectivity index (χ4v) is 2.36. The summed E-state index contributed by atoms with van der Waals surface area (Å²) in [4.78, 5) is 11.8. The highest BCUT2D eigenvalue weighted by Crippen LogP contribution is 2.45. The third-order valence-corrected chi connectivity index (χ3v) is 3.68. The van der Waals surface area contributed by atoms with E-state index < -0.39 is 30.7 Å². The van der Waals surface area contributed by atoms with Gasteiger partial charge in [0, 0.05) is 30.1 Å². The second-order valence-corrected chi connectivity index (χ2v) is 5.29. The fraction of sp³-hybridized carbons (Fsp3) is 0.667. The number of aliphatic hydroxyl groups is 1. The lowest BCUT2D eigenvalue weighted by Gasteiger charge is -2.44. The van der Waals surface area contributed by atoms with E-state index >= 15 is 0 Å². The van der Waals surface area contributed by atoms with E-state index in [1.165, 1.54) is 0 Å². The number of aromatic amines is 1. The van der Waals surface area contributed by atoms with Crippen molar-refractivity contribution < 1.29 is 23.1 Å². The van der Waals surface area contributed by atoms with E-state index in [1.54, 1.807) is 13.8 Å². The molecule has 0 bridgehead atoms. The standard InChI is InChI=1S/C12H16F3N3O2/c1-6-9(7(2)18-17-6)3-10(19)16-8-4-11(20,5-8)12(13,14)15/h8,20H,3-5H2,1-2H3,(H,16,19)(H,17,18). The first-order valence-corrected chi connectivity index (χ1v) is 6.21. The molecule has 0 aliphatic heterocycles. The minimum Gasteiger partial charge on any atom is -0.380 e. The molecular formula is C12H16F3N3O2. The molecule has 0 atom stereocenters. The predicted octanol–water partition coefficient (Wildman–Crippen LogP) is 1.14. The maximum atomic E-state index is 12.4. The zero-order valence-corrected chi connectivity index (χ0v) is 11.1. The normalized spacial score (nSPS) is 26.2. The van der Waals surface area contributed by atoms with E-state index in [9.17, 15) is 23.1 Å². The van der Waals surface area contributed by atoms with Crippen molar-refractivity contribution in [2.75, 3.05) is 0 Å². The van der Waals surface area contributed by atoms with Crippen molar-refractivity contribution in [3.05, 3.63) is 17.0 Å². The lowest BCUT2D eigenvalue weighted by Crippen LogP contribution is -2.62. The number of alkyl halides is 3. The van der Waals surface area contributed by atoms with Gasteiger partial charge in [0.25, 0.3) is 0 Å². The Morgan fingerprint density at radius 3 is 2.55 bits per heavy atom. The summed E-state index contributed by atoms with van der Waals surface area (Å²) in [6.45, 7) is 3.52. The van der Waals surface area contributed by atoms with Crippen LogP contribution in [0.1, 0.15) is 29.8 Å². The second-order valence-electron chi connectivity index (χ2n) is 5.29. The minimum absolute atomic E-state index is 0.0646. The van der Waals surface area contributed by atoms with Crippen LogP contribution in [0.25, 0.3) is 0 Å². The number of nitrogens with zero attached hydrogens (tertiary/aromatic N) is 1. The smallest absolute Gasteiger partial charge is 0.380 e. The van der Waals surface area contributed by atoms with Crippen LogP contribution in [-0.4, -0.2) is 39.0 Å². The Kier molecular flexibility index (Phi) is 3.53. The molecule has 0 unspecified atom stereocenters. The summed E-state index contributed by atoms with van der Waals surface area (Å²) in [6, 6.07) is -0.637. The number of aromatic nitrogens is 2. The van der Waals surface area contributed by atoms with Gasteiger partial charge in [0.05, 0.1) is 12.1 Å². The predicted molar refractivity (Wildman–Crippen MR) is 63.9 cm³/mol. The third kappa shape index (κ3) is 2.65. The lowest BCUT2D eigenvalue weighted by atomic mass is 9.75. The van der Waals surface area contributed by atoms with Gasteiger partial charge in [-0.1, -0.05) is 0 Å². The molecule has 0 spiro atoms. The number of hydrogen-bond donors (Lipinski definition) is 3. The topological polar surface area (TPSA) is 78.0 Å². The van der Waals surface area contributed by atoms with Gasteiger partial charge in [-0.15, -0.1) is 0 Å². The van der Waals surface area contributed by atoms with Crippen molar-refractivity contribution in [2.24, 2.45) is 0 Å². The Morgan fingerprint density at radius 2 is 2.10 bits per heavy atom. The summed E-state index contributed by atoms with van der Waals surface area (Å²) in [6.07, 6.45) is -5.57. The summed E-state index contributed by atoms with van der Waals surface area (Å²) in [5.41, 5.74) is -0.462. The molecule has 1 aliphatic carbocycles. The van der Waals surface area contributed by atoms with Crippen molar-refractivity contribution in [1.82, 2.24) is 15.5 Å². The van der Waals surface area contributed by atoms with Crippen LogP contribution >= 0.6 is 0 Å². The Hall–Kier alpha value is -1.57. The van der Waals surface area contributed by atoms with Gasteiger partial charge in [0.1, 0.15) is 0 Å². The van der Waals surface area contributed by atoms with E-state index in [0.717, 1.165) is 11.3 Å². The number of hydrogen-bond acceptors (Lipinski definition) is 3. The van der Waals surface area contributed by atoms with Gasteiger partial charge in [-0.05, 0) is 13.8 Å². The largest absolute Gasteiger partial charge is 0.417 e. The molecular weight excluding hydrogens is 275 g/mol. The summed E-state index contributed by atoms with van der Waals surface area (Å²) < 4.78 is 37.3. The molecule has 0 saturated heterocycles. The van der Waals surface area contributed by atoms with Crippen LogP contribution in [0, 0.1) is 13.8 Å². The number of carbonyl (C=O) groups is 1. The lowest BCUT2D eigenvalue weighted by molar-refractivity contribution is -0.291. The molecule has 1 aromatic rings. The molecule has 1 aromatic heterocycles. The van der Waals surface area contributed by atoms with Crippen LogP contribution in [0.2, 0.25) is 0 Å². The Balaban J connectivity index is 1.86. The maximum Gasteiger partial charge on any atom is 0.417 e. The minimum atomic E-state index is -4.65. The van der Waals surface area contributed by atoms with Crippen LogP contribution in [0.4, 0.5) is 13.2 Å². The highest BCUT2D eigenvalue weighted by Gasteiger charge is 2.61. The number of rotatable bonds is 3. The first-order valence-electron chi connectivity index (χ1n) is 6.21. The number of nitrogens with one attached hydrogen (secondary N) is 2. The zero-order chi connectivity index (χ0) is 15.1. The van der Waals surface area contributed by atoms with Crippen LogP contribution in [0.3, 0.4) is 0 Å². The van der Waals surface area contributed by atoms with Crippen molar-refractivity contribution in [3.8, 4) is 0 Å². The maximum absolute atomic E-state index is 12.4. The molecule has 1 fully saturated rings. The quantitative estimate of drug-likeness (QED) is 0.781. The number of halogens is 3. The summed E-state index contributed by atoms with van der Waals surface area (Å²) in [7, 11) is 0. The van der Waals surface area contributed by atoms with Gasteiger partial charge in [0.15, 0.2) is 5.60 Å². The molecule has 1 amide bonds. The molecule has 3 N–H and O–H groups in total. The Bertz CT molecular complexity index is 499. The van der Waals surface area contributed by atoms with Gasteiger partial charge < -0.3 is 10.4 Å². The molecule has 1 aliphatic rings. The van der Waals surface area contributed by atoms with Gasteiger partial charge in [-0.2, -0.15) is 18.3 Å². The molecule has 112 valence electrons. The summed E-state index contributed by atoms with van der Waals surface area (Å²) in [5.74, 6) is -0.369. The van der Waals surface area contributed by atoms with Gasteiger partial charge in [-0.25, -0.2) is 0 Å². The average molecular weight is 291 g/mol. The van der Waals surface area contributed by atoms with Crippen molar-refractivity contribution >= 4 is 5.91 Å². The van der Waals surface area contributed by atoms with Gasteiger partial charge in [-0.3, -0.25) is 9.89 Å². The zero-order valence-electron chi connectivity index (χ0n) is 11.1. The Labute approximate surface area is 113 Å². The van der Waals surface area contributed by atoms with Crippen molar-refractivity contribution in [1.29, 1.82) is 0 Å². The van der Waals surface area contributed by atoms with E-state index in [4.69, 9.17) is 0 Å². The summed E-state index contributed by atoms with van der Waals surface area (Å²) >= 11 is 0. The van der Waals surface area contributed by atoms with Gasteiger partial charge in [0.2, 0.25) is 5.91 Å². The molecule has 8 heteroatoms. The SMILES string of the molecule is Cc1n[nH]c(C)c1CC(=O)NC1CC(O)(C(F)(F)F)C1. The van der Waals surface area contributed by atoms with Crippen molar-refractivity contribution in [3.63, 3.8) is 0 Å². The van der Waals surface area contributed by atoms with E-state index in [2.05, 4.69) is 15.5 Å². The van der Waals surface area contributed by atoms with Crippen LogP contribution < -0.4 is 5.32 Å². The molecule has 0 radical (unpaired) electrons. The number of carbonyl (C=O) groups excluding carboxylic acids is 1. The van der Waals surface area contributed by atoms with E-state index in [-0.39, 0.29) is 12.3 Å². The average Bonchev–Trinajstić information content (AvgIpc) is 2.57. The first-order chi connectivity index (χ1) is 9.12. The molecule has 5 nitrogen and oxygen atoms in total. The fourth-order valence-electron chi connectivity index (χ4n) is 2.36. The molecule has 0 aromatic carbocycles. The summed E-state index contributed by atoms with van der Waals surface area (Å²) in [5, 5.41) is 18.5. The first kappa shape index (κ1) is 14.8. The van der Waals surface area contributed by atoms with Crippen LogP contribution in [-0.2, 0) is 11.2 Å². The van der Waals surface area contributed by atoms with Crippen LogP contribution in [0.5, 0.6) is 0 Å².